The van der Waals surface area contributed by atoms with Crippen LogP contribution in [0.4, 0.5) is 5.13 Å². The number of hydrogen-bond acceptors (Lipinski definition) is 5. The highest BCUT2D eigenvalue weighted by Gasteiger charge is 2.18. The topological polar surface area (TPSA) is 37.4 Å². The summed E-state index contributed by atoms with van der Waals surface area (Å²) in [5.74, 6) is 0. The predicted molar refractivity (Wildman–Crippen MR) is 71.8 cm³/mol. The lowest BCUT2D eigenvalue weighted by Crippen LogP contribution is -2.30. The molecule has 17 heavy (non-hydrogen) atoms. The molecule has 1 N–H and O–H groups in total. The van der Waals surface area contributed by atoms with E-state index in [0.717, 1.165) is 36.9 Å². The van der Waals surface area contributed by atoms with E-state index in [9.17, 15) is 0 Å². The van der Waals surface area contributed by atoms with Gasteiger partial charge in [0, 0.05) is 31.1 Å². The maximum absolute atomic E-state index is 5.65. The van der Waals surface area contributed by atoms with Gasteiger partial charge in [0.05, 0.1) is 11.8 Å². The molecule has 0 radical (unpaired) electrons. The molecule has 1 saturated heterocycles. The number of ether oxygens (including phenoxy) is 1. The Labute approximate surface area is 107 Å². The zero-order chi connectivity index (χ0) is 12.3. The molecule has 0 spiro atoms. The second kappa shape index (κ2) is 5.80. The summed E-state index contributed by atoms with van der Waals surface area (Å²) in [5, 5.41) is 6.49. The number of nitrogens with one attached hydrogen (secondary N) is 1. The van der Waals surface area contributed by atoms with Gasteiger partial charge in [-0.2, -0.15) is 0 Å². The first kappa shape index (κ1) is 12.8. The molecule has 1 fully saturated rings. The van der Waals surface area contributed by atoms with Gasteiger partial charge in [-0.05, 0) is 27.3 Å². The van der Waals surface area contributed by atoms with E-state index in [1.807, 2.05) is 7.05 Å². The van der Waals surface area contributed by atoms with Crippen LogP contribution in [0, 0.1) is 0 Å². The Kier molecular flexibility index (Phi) is 4.36. The van der Waals surface area contributed by atoms with Crippen molar-refractivity contribution in [2.45, 2.75) is 32.4 Å². The summed E-state index contributed by atoms with van der Waals surface area (Å²) in [6.07, 6.45) is 1.38. The van der Waals surface area contributed by atoms with Crippen LogP contribution >= 0.6 is 11.3 Å². The third-order valence-corrected chi connectivity index (χ3v) is 4.03. The van der Waals surface area contributed by atoms with Crippen molar-refractivity contribution in [1.29, 1.82) is 0 Å². The molecule has 0 bridgehead atoms. The molecule has 1 aliphatic heterocycles. The maximum atomic E-state index is 5.65. The van der Waals surface area contributed by atoms with Gasteiger partial charge >= 0.3 is 0 Å². The van der Waals surface area contributed by atoms with E-state index < -0.39 is 0 Å². The monoisotopic (exact) mass is 255 g/mol. The van der Waals surface area contributed by atoms with Crippen LogP contribution < -0.4 is 10.2 Å². The minimum atomic E-state index is 0.298. The molecule has 2 atom stereocenters. The van der Waals surface area contributed by atoms with Crippen molar-refractivity contribution in [2.75, 3.05) is 31.6 Å². The molecule has 2 heterocycles. The zero-order valence-electron chi connectivity index (χ0n) is 10.8. The van der Waals surface area contributed by atoms with Crippen molar-refractivity contribution in [3.8, 4) is 0 Å². The van der Waals surface area contributed by atoms with Crippen LogP contribution in [0.15, 0.2) is 5.38 Å². The van der Waals surface area contributed by atoms with Gasteiger partial charge in [0.2, 0.25) is 0 Å². The summed E-state index contributed by atoms with van der Waals surface area (Å²) in [7, 11) is 1.96. The highest BCUT2D eigenvalue weighted by Crippen LogP contribution is 2.25. The predicted octanol–water partition coefficient (Wildman–Crippen LogP) is 2.04. The van der Waals surface area contributed by atoms with Gasteiger partial charge in [-0.1, -0.05) is 0 Å². The molecular weight excluding hydrogens is 234 g/mol. The summed E-state index contributed by atoms with van der Waals surface area (Å²) in [6.45, 7) is 7.12. The molecule has 0 aromatic carbocycles. The van der Waals surface area contributed by atoms with Gasteiger partial charge in [0.1, 0.15) is 0 Å². The fourth-order valence-electron chi connectivity index (χ4n) is 1.94. The molecule has 5 heteroatoms. The normalized spacial score (nSPS) is 23.5. The van der Waals surface area contributed by atoms with E-state index in [1.165, 1.54) is 0 Å². The number of thiazole rings is 1. The Hall–Kier alpha value is -0.650. The van der Waals surface area contributed by atoms with Crippen LogP contribution in [0.2, 0.25) is 0 Å². The van der Waals surface area contributed by atoms with Crippen LogP contribution in [0.3, 0.4) is 0 Å². The molecule has 0 amide bonds. The first-order valence-corrected chi connectivity index (χ1v) is 7.08. The Morgan fingerprint density at radius 2 is 2.47 bits per heavy atom. The van der Waals surface area contributed by atoms with E-state index in [0.29, 0.717) is 12.1 Å². The minimum absolute atomic E-state index is 0.298. The third kappa shape index (κ3) is 3.18. The lowest BCUT2D eigenvalue weighted by atomic mass is 10.3. The zero-order valence-corrected chi connectivity index (χ0v) is 11.6. The summed E-state index contributed by atoms with van der Waals surface area (Å²) >= 11 is 1.73. The maximum Gasteiger partial charge on any atom is 0.185 e. The van der Waals surface area contributed by atoms with Crippen LogP contribution in [0.5, 0.6) is 0 Å². The van der Waals surface area contributed by atoms with Crippen molar-refractivity contribution >= 4 is 16.5 Å². The molecule has 0 saturated carbocycles. The lowest BCUT2D eigenvalue weighted by Gasteiger charge is -2.21. The standard InChI is InChI=1S/C12H21N3OS/c1-9-7-15(5-4-6-16-9)12-14-11(8-17-12)10(2)13-3/h8-10,13H,4-7H2,1-3H3. The summed E-state index contributed by atoms with van der Waals surface area (Å²) in [6, 6.07) is 0.320. The largest absolute Gasteiger partial charge is 0.377 e. The number of nitrogens with zero attached hydrogens (tertiary/aromatic N) is 2. The van der Waals surface area contributed by atoms with Gasteiger partial charge in [-0.3, -0.25) is 0 Å². The quantitative estimate of drug-likeness (QED) is 0.897. The lowest BCUT2D eigenvalue weighted by molar-refractivity contribution is 0.0821. The summed E-state index contributed by atoms with van der Waals surface area (Å²) in [5.41, 5.74) is 1.13. The Morgan fingerprint density at radius 3 is 3.24 bits per heavy atom. The average molecular weight is 255 g/mol. The number of hydrogen-bond donors (Lipinski definition) is 1. The third-order valence-electron chi connectivity index (χ3n) is 3.11. The van der Waals surface area contributed by atoms with Crippen molar-refractivity contribution in [2.24, 2.45) is 0 Å². The number of anilines is 1. The minimum Gasteiger partial charge on any atom is -0.377 e. The summed E-state index contributed by atoms with van der Waals surface area (Å²) < 4.78 is 5.65. The van der Waals surface area contributed by atoms with Gasteiger partial charge < -0.3 is 15.0 Å². The molecule has 1 aliphatic rings. The molecule has 2 rings (SSSR count). The van der Waals surface area contributed by atoms with E-state index in [2.05, 4.69) is 29.4 Å². The molecule has 96 valence electrons. The smallest absolute Gasteiger partial charge is 0.185 e. The Balaban J connectivity index is 2.07. The SMILES string of the molecule is CNC(C)c1csc(N2CCCOC(C)C2)n1. The van der Waals surface area contributed by atoms with Crippen molar-refractivity contribution in [1.82, 2.24) is 10.3 Å². The molecule has 1 aromatic rings. The second-order valence-corrected chi connectivity index (χ2v) is 5.38. The average Bonchev–Trinajstić information content (AvgIpc) is 2.72. The van der Waals surface area contributed by atoms with E-state index >= 15 is 0 Å². The molecular formula is C12H21N3OS. The molecule has 1 aromatic heterocycles. The van der Waals surface area contributed by atoms with Crippen molar-refractivity contribution in [3.63, 3.8) is 0 Å². The molecule has 0 aliphatic carbocycles. The van der Waals surface area contributed by atoms with E-state index in [4.69, 9.17) is 9.72 Å². The van der Waals surface area contributed by atoms with Gasteiger partial charge in [0.15, 0.2) is 5.13 Å². The van der Waals surface area contributed by atoms with Crippen molar-refractivity contribution in [3.05, 3.63) is 11.1 Å². The van der Waals surface area contributed by atoms with Gasteiger partial charge in [-0.15, -0.1) is 11.3 Å². The highest BCUT2D eigenvalue weighted by molar-refractivity contribution is 7.13. The van der Waals surface area contributed by atoms with E-state index in [1.54, 1.807) is 11.3 Å². The first-order valence-electron chi connectivity index (χ1n) is 6.20. The van der Waals surface area contributed by atoms with Crippen LogP contribution in [-0.2, 0) is 4.74 Å². The fraction of sp³-hybridized carbons (Fsp3) is 0.750. The molecule has 2 unspecified atom stereocenters. The molecule has 4 nitrogen and oxygen atoms in total. The van der Waals surface area contributed by atoms with Crippen LogP contribution in [0.25, 0.3) is 0 Å². The van der Waals surface area contributed by atoms with E-state index in [-0.39, 0.29) is 0 Å². The Morgan fingerprint density at radius 1 is 1.65 bits per heavy atom. The summed E-state index contributed by atoms with van der Waals surface area (Å²) in [4.78, 5) is 7.05. The van der Waals surface area contributed by atoms with Gasteiger partial charge in [-0.25, -0.2) is 4.98 Å². The van der Waals surface area contributed by atoms with Crippen LogP contribution in [0.1, 0.15) is 32.0 Å². The van der Waals surface area contributed by atoms with Crippen LogP contribution in [-0.4, -0.2) is 37.8 Å². The fourth-order valence-corrected chi connectivity index (χ4v) is 2.89. The van der Waals surface area contributed by atoms with Crippen molar-refractivity contribution < 1.29 is 4.74 Å². The first-order chi connectivity index (χ1) is 8.20. The highest BCUT2D eigenvalue weighted by atomic mass is 32.1. The Bertz CT molecular complexity index is 355. The van der Waals surface area contributed by atoms with Gasteiger partial charge in [0.25, 0.3) is 0 Å². The number of aromatic nitrogens is 1. The number of rotatable bonds is 3. The second-order valence-electron chi connectivity index (χ2n) is 4.55.